The maximum Gasteiger partial charge on any atom is 0.407 e. The molecule has 0 aliphatic carbocycles. The second kappa shape index (κ2) is 18.9. The van der Waals surface area contributed by atoms with E-state index in [0.29, 0.717) is 29.9 Å². The lowest BCUT2D eigenvalue weighted by molar-refractivity contribution is -0.147. The zero-order valence-corrected chi connectivity index (χ0v) is 28.3. The van der Waals surface area contributed by atoms with Gasteiger partial charge in [0.25, 0.3) is 0 Å². The van der Waals surface area contributed by atoms with Crippen LogP contribution in [0, 0.1) is 11.3 Å². The van der Waals surface area contributed by atoms with Crippen LogP contribution in [0.1, 0.15) is 81.6 Å². The van der Waals surface area contributed by atoms with Crippen LogP contribution in [-0.4, -0.2) is 48.2 Å². The van der Waals surface area contributed by atoms with E-state index in [0.717, 1.165) is 5.57 Å². The Morgan fingerprint density at radius 2 is 1.75 bits per heavy atom. The summed E-state index contributed by atoms with van der Waals surface area (Å²) in [6, 6.07) is -0.871. The van der Waals surface area contributed by atoms with Crippen LogP contribution in [0.2, 0.25) is 0 Å². The minimum atomic E-state index is -0.808. The molecule has 1 aliphatic rings. The SMILES string of the molecule is CC1=CC[C@@H]([C@@H](C)/C=C(C)/C=C\C=C/C(=O)N[C@H](C(=O)N/C=C\C[C@@H](C/C=C(\C)Cl)OC(=O)NC(C)C)C(C)(C)C)OC1=O. The summed E-state index contributed by atoms with van der Waals surface area (Å²) in [6.07, 6.45) is 15.7. The van der Waals surface area contributed by atoms with E-state index in [2.05, 4.69) is 16.0 Å². The Hall–Kier alpha value is -3.59. The standard InChI is InChI=1S/C34H50ClN3O6/c1-22(2)37-33(42)43-27(18-17-26(6)35)14-12-20-36-31(40)30(34(7,8)9)38-29(39)15-11-10-13-23(3)21-25(5)28-19-16-24(4)32(41)44-28/h10-13,15-17,20-22,25,27-28,30H,14,18-19H2,1-9H3,(H,36,40)(H,37,42)(H,38,39)/b13-10-,15-11-,20-12-,23-21+,26-17+/t25-,27-,28-,30+/m0/s1. The molecule has 0 saturated heterocycles. The molecule has 1 heterocycles. The van der Waals surface area contributed by atoms with E-state index in [1.807, 2.05) is 66.7 Å². The smallest absolute Gasteiger partial charge is 0.407 e. The maximum absolute atomic E-state index is 13.0. The fourth-order valence-electron chi connectivity index (χ4n) is 4.12. The molecule has 0 saturated carbocycles. The van der Waals surface area contributed by atoms with Gasteiger partial charge in [0.1, 0.15) is 18.2 Å². The summed E-state index contributed by atoms with van der Waals surface area (Å²) in [6.45, 7) is 16.7. The number of nitrogens with one attached hydrogen (secondary N) is 3. The zero-order chi connectivity index (χ0) is 33.4. The number of hydrogen-bond donors (Lipinski definition) is 3. The number of carbonyl (C=O) groups is 4. The van der Waals surface area contributed by atoms with E-state index in [4.69, 9.17) is 21.1 Å². The molecular formula is C34H50ClN3O6. The van der Waals surface area contributed by atoms with E-state index in [1.165, 1.54) is 12.3 Å². The zero-order valence-electron chi connectivity index (χ0n) is 27.5. The summed E-state index contributed by atoms with van der Waals surface area (Å²) < 4.78 is 11.0. The van der Waals surface area contributed by atoms with Gasteiger partial charge in [0, 0.05) is 47.9 Å². The highest BCUT2D eigenvalue weighted by Crippen LogP contribution is 2.22. The number of cyclic esters (lactones) is 1. The topological polar surface area (TPSA) is 123 Å². The number of hydrogen-bond acceptors (Lipinski definition) is 6. The predicted molar refractivity (Wildman–Crippen MR) is 176 cm³/mol. The fourth-order valence-corrected chi connectivity index (χ4v) is 4.21. The van der Waals surface area contributed by atoms with Crippen LogP contribution < -0.4 is 16.0 Å². The highest BCUT2D eigenvalue weighted by molar-refractivity contribution is 6.29. The summed E-state index contributed by atoms with van der Waals surface area (Å²) in [4.78, 5) is 49.5. The van der Waals surface area contributed by atoms with Gasteiger partial charge in [-0.1, -0.05) is 87.4 Å². The number of halogens is 1. The second-order valence-electron chi connectivity index (χ2n) is 12.4. The first-order valence-electron chi connectivity index (χ1n) is 15.0. The number of allylic oxidation sites excluding steroid dienone is 5. The summed E-state index contributed by atoms with van der Waals surface area (Å²) in [5.41, 5.74) is 1.03. The lowest BCUT2D eigenvalue weighted by Gasteiger charge is -2.29. The molecule has 3 amide bonds. The molecule has 4 atom stereocenters. The van der Waals surface area contributed by atoms with Crippen molar-refractivity contribution in [3.05, 3.63) is 71.0 Å². The van der Waals surface area contributed by atoms with Gasteiger partial charge < -0.3 is 25.4 Å². The van der Waals surface area contributed by atoms with Crippen LogP contribution in [-0.2, 0) is 23.9 Å². The van der Waals surface area contributed by atoms with Crippen molar-refractivity contribution in [2.24, 2.45) is 11.3 Å². The number of rotatable bonds is 14. The summed E-state index contributed by atoms with van der Waals surface area (Å²) in [7, 11) is 0. The van der Waals surface area contributed by atoms with Gasteiger partial charge >= 0.3 is 12.1 Å². The minimum Gasteiger partial charge on any atom is -0.458 e. The Balaban J connectivity index is 2.73. The van der Waals surface area contributed by atoms with E-state index < -0.39 is 29.6 Å². The van der Waals surface area contributed by atoms with Gasteiger partial charge in [-0.3, -0.25) is 9.59 Å². The Bertz CT molecular complexity index is 1190. The molecule has 3 N–H and O–H groups in total. The number of ether oxygens (including phenoxy) is 2. The lowest BCUT2D eigenvalue weighted by atomic mass is 9.86. The first kappa shape index (κ1) is 38.4. The molecule has 1 aliphatic heterocycles. The van der Waals surface area contributed by atoms with Gasteiger partial charge in [0.05, 0.1) is 0 Å². The molecule has 0 aromatic carbocycles. The molecule has 0 bridgehead atoms. The molecule has 0 radical (unpaired) electrons. The fraction of sp³-hybridized carbons (Fsp3) is 0.529. The van der Waals surface area contributed by atoms with E-state index >= 15 is 0 Å². The molecular weight excluding hydrogens is 582 g/mol. The van der Waals surface area contributed by atoms with E-state index in [-0.39, 0.29) is 29.9 Å². The molecule has 0 fully saturated rings. The third-order valence-corrected chi connectivity index (χ3v) is 6.72. The molecule has 44 heavy (non-hydrogen) atoms. The number of esters is 1. The van der Waals surface area contributed by atoms with Crippen LogP contribution in [0.4, 0.5) is 4.79 Å². The van der Waals surface area contributed by atoms with Crippen molar-refractivity contribution < 1.29 is 28.7 Å². The van der Waals surface area contributed by atoms with Crippen LogP contribution in [0.25, 0.3) is 0 Å². The van der Waals surface area contributed by atoms with Gasteiger partial charge in [0.2, 0.25) is 11.8 Å². The van der Waals surface area contributed by atoms with Crippen LogP contribution in [0.15, 0.2) is 71.0 Å². The molecule has 0 aromatic rings. The molecule has 10 heteroatoms. The number of carbonyl (C=O) groups excluding carboxylic acids is 4. The average Bonchev–Trinajstić information content (AvgIpc) is 2.90. The Kier molecular flexibility index (Phi) is 16.5. The van der Waals surface area contributed by atoms with Gasteiger partial charge in [-0.15, -0.1) is 0 Å². The average molecular weight is 632 g/mol. The number of alkyl carbamates (subject to hydrolysis) is 1. The number of amides is 3. The van der Waals surface area contributed by atoms with Crippen molar-refractivity contribution in [1.82, 2.24) is 16.0 Å². The van der Waals surface area contributed by atoms with Gasteiger partial charge in [-0.05, 0) is 46.2 Å². The summed E-state index contributed by atoms with van der Waals surface area (Å²) in [5, 5.41) is 8.78. The van der Waals surface area contributed by atoms with E-state index in [9.17, 15) is 19.2 Å². The monoisotopic (exact) mass is 631 g/mol. The molecule has 0 aromatic heterocycles. The van der Waals surface area contributed by atoms with Crippen LogP contribution >= 0.6 is 11.6 Å². The van der Waals surface area contributed by atoms with Gasteiger partial charge in [-0.25, -0.2) is 9.59 Å². The van der Waals surface area contributed by atoms with Crippen molar-refractivity contribution in [2.75, 3.05) is 0 Å². The van der Waals surface area contributed by atoms with Crippen LogP contribution in [0.5, 0.6) is 0 Å². The van der Waals surface area contributed by atoms with Gasteiger partial charge in [0.15, 0.2) is 0 Å². The maximum atomic E-state index is 13.0. The van der Waals surface area contributed by atoms with Crippen LogP contribution in [0.3, 0.4) is 0 Å². The van der Waals surface area contributed by atoms with Crippen molar-refractivity contribution in [1.29, 1.82) is 0 Å². The molecule has 0 spiro atoms. The second-order valence-corrected chi connectivity index (χ2v) is 13.0. The third kappa shape index (κ3) is 15.8. The molecule has 0 unspecified atom stereocenters. The minimum absolute atomic E-state index is 0.0368. The van der Waals surface area contributed by atoms with Crippen molar-refractivity contribution in [3.8, 4) is 0 Å². The Labute approximate surface area is 267 Å². The highest BCUT2D eigenvalue weighted by Gasteiger charge is 2.32. The Morgan fingerprint density at radius 1 is 1.09 bits per heavy atom. The lowest BCUT2D eigenvalue weighted by Crippen LogP contribution is -2.52. The van der Waals surface area contributed by atoms with Crippen molar-refractivity contribution in [3.63, 3.8) is 0 Å². The predicted octanol–water partition coefficient (Wildman–Crippen LogP) is 6.53. The van der Waals surface area contributed by atoms with E-state index in [1.54, 1.807) is 38.2 Å². The van der Waals surface area contributed by atoms with Gasteiger partial charge in [-0.2, -0.15) is 0 Å². The first-order chi connectivity index (χ1) is 20.5. The Morgan fingerprint density at radius 3 is 2.34 bits per heavy atom. The quantitative estimate of drug-likeness (QED) is 0.114. The molecule has 9 nitrogen and oxygen atoms in total. The third-order valence-electron chi connectivity index (χ3n) is 6.57. The molecule has 1 rings (SSSR count). The molecule has 244 valence electrons. The summed E-state index contributed by atoms with van der Waals surface area (Å²) >= 11 is 5.94. The largest absolute Gasteiger partial charge is 0.458 e. The first-order valence-corrected chi connectivity index (χ1v) is 15.3. The summed E-state index contributed by atoms with van der Waals surface area (Å²) in [5.74, 6) is -1.03. The van der Waals surface area contributed by atoms with Crippen molar-refractivity contribution >= 4 is 35.5 Å². The normalized spacial score (nSPS) is 18.7. The highest BCUT2D eigenvalue weighted by atomic mass is 35.5. The van der Waals surface area contributed by atoms with Crippen molar-refractivity contribution in [2.45, 2.75) is 106 Å².